The first kappa shape index (κ1) is 9.19. The van der Waals surface area contributed by atoms with Crippen LogP contribution in [0.3, 0.4) is 0 Å². The van der Waals surface area contributed by atoms with Crippen LogP contribution in [0.2, 0.25) is 0 Å². The lowest BCUT2D eigenvalue weighted by Crippen LogP contribution is -1.96. The maximum atomic E-state index is 10.6. The standard InChI is InChI=1S/C7H8N6O2/c1-12-6(8)2-5(11-12)4-3-9-10-7(4)13(14)15/h2-3H,8H2,1H3,(H,9,10). The first-order chi connectivity index (χ1) is 7.09. The Morgan fingerprint density at radius 2 is 2.40 bits per heavy atom. The van der Waals surface area contributed by atoms with Gasteiger partial charge in [0.15, 0.2) is 0 Å². The van der Waals surface area contributed by atoms with Gasteiger partial charge in [0.2, 0.25) is 0 Å². The van der Waals surface area contributed by atoms with Gasteiger partial charge in [-0.2, -0.15) is 5.10 Å². The van der Waals surface area contributed by atoms with Crippen LogP contribution in [-0.4, -0.2) is 24.9 Å². The molecule has 0 atom stereocenters. The summed E-state index contributed by atoms with van der Waals surface area (Å²) in [4.78, 5) is 10.1. The van der Waals surface area contributed by atoms with Gasteiger partial charge in [-0.1, -0.05) is 5.10 Å². The van der Waals surface area contributed by atoms with Crippen molar-refractivity contribution in [3.05, 3.63) is 22.4 Å². The van der Waals surface area contributed by atoms with Gasteiger partial charge in [-0.05, 0) is 4.92 Å². The highest BCUT2D eigenvalue weighted by Gasteiger charge is 2.19. The second-order valence-electron chi connectivity index (χ2n) is 2.97. The smallest absolute Gasteiger partial charge is 0.352 e. The highest BCUT2D eigenvalue weighted by molar-refractivity contribution is 5.69. The fraction of sp³-hybridized carbons (Fsp3) is 0.143. The fourth-order valence-corrected chi connectivity index (χ4v) is 1.22. The molecular formula is C7H8N6O2. The molecule has 0 spiro atoms. The molecule has 15 heavy (non-hydrogen) atoms. The molecule has 8 heteroatoms. The third-order valence-electron chi connectivity index (χ3n) is 1.99. The largest absolute Gasteiger partial charge is 0.384 e. The lowest BCUT2D eigenvalue weighted by atomic mass is 10.2. The number of aromatic amines is 1. The van der Waals surface area contributed by atoms with Crippen LogP contribution in [0, 0.1) is 10.1 Å². The Morgan fingerprint density at radius 3 is 2.93 bits per heavy atom. The molecule has 2 aromatic rings. The normalized spacial score (nSPS) is 10.5. The predicted molar refractivity (Wildman–Crippen MR) is 51.9 cm³/mol. The monoisotopic (exact) mass is 208 g/mol. The van der Waals surface area contributed by atoms with Crippen molar-refractivity contribution in [2.45, 2.75) is 0 Å². The number of nitro groups is 1. The number of nitrogens with one attached hydrogen (secondary N) is 1. The van der Waals surface area contributed by atoms with E-state index in [1.807, 2.05) is 0 Å². The molecule has 78 valence electrons. The number of nitrogen functional groups attached to an aromatic ring is 1. The highest BCUT2D eigenvalue weighted by atomic mass is 16.6. The molecule has 0 aliphatic rings. The molecule has 0 saturated heterocycles. The number of hydrogen-bond donors (Lipinski definition) is 2. The maximum absolute atomic E-state index is 10.6. The predicted octanol–water partition coefficient (Wildman–Crippen LogP) is 0.301. The van der Waals surface area contributed by atoms with Crippen molar-refractivity contribution in [1.29, 1.82) is 0 Å². The molecule has 0 amide bonds. The Bertz CT molecular complexity index is 494. The average molecular weight is 208 g/mol. The van der Waals surface area contributed by atoms with Crippen molar-refractivity contribution in [2.24, 2.45) is 7.05 Å². The average Bonchev–Trinajstić information content (AvgIpc) is 2.73. The zero-order valence-corrected chi connectivity index (χ0v) is 7.84. The number of anilines is 1. The molecule has 3 N–H and O–H groups in total. The summed E-state index contributed by atoms with van der Waals surface area (Å²) < 4.78 is 1.44. The van der Waals surface area contributed by atoms with E-state index >= 15 is 0 Å². The second kappa shape index (κ2) is 3.08. The summed E-state index contributed by atoms with van der Waals surface area (Å²) in [6.45, 7) is 0. The van der Waals surface area contributed by atoms with Crippen LogP contribution >= 0.6 is 0 Å². The number of rotatable bonds is 2. The van der Waals surface area contributed by atoms with E-state index in [9.17, 15) is 10.1 Å². The molecule has 0 aromatic carbocycles. The molecule has 0 bridgehead atoms. The van der Waals surface area contributed by atoms with E-state index in [1.54, 1.807) is 13.1 Å². The van der Waals surface area contributed by atoms with E-state index in [0.717, 1.165) is 0 Å². The molecule has 0 unspecified atom stereocenters. The van der Waals surface area contributed by atoms with Gasteiger partial charge in [0.05, 0.1) is 6.20 Å². The lowest BCUT2D eigenvalue weighted by molar-refractivity contribution is -0.388. The van der Waals surface area contributed by atoms with Crippen molar-refractivity contribution in [2.75, 3.05) is 5.73 Å². The van der Waals surface area contributed by atoms with Gasteiger partial charge in [-0.3, -0.25) is 4.68 Å². The van der Waals surface area contributed by atoms with Crippen molar-refractivity contribution in [1.82, 2.24) is 20.0 Å². The Hall–Kier alpha value is -2.38. The Labute approximate surface area is 83.9 Å². The number of hydrogen-bond acceptors (Lipinski definition) is 5. The summed E-state index contributed by atoms with van der Waals surface area (Å²) in [7, 11) is 1.66. The fourth-order valence-electron chi connectivity index (χ4n) is 1.22. The van der Waals surface area contributed by atoms with Gasteiger partial charge < -0.3 is 15.8 Å². The van der Waals surface area contributed by atoms with Crippen molar-refractivity contribution < 1.29 is 4.92 Å². The van der Waals surface area contributed by atoms with Crippen LogP contribution in [0.5, 0.6) is 0 Å². The number of H-pyrrole nitrogens is 1. The first-order valence-electron chi connectivity index (χ1n) is 4.07. The van der Waals surface area contributed by atoms with Crippen LogP contribution < -0.4 is 5.73 Å². The summed E-state index contributed by atoms with van der Waals surface area (Å²) in [5.74, 6) is 0.244. The first-order valence-corrected chi connectivity index (χ1v) is 4.07. The van der Waals surface area contributed by atoms with Crippen LogP contribution in [0.15, 0.2) is 12.3 Å². The van der Waals surface area contributed by atoms with E-state index in [1.165, 1.54) is 10.9 Å². The molecule has 0 radical (unpaired) electrons. The van der Waals surface area contributed by atoms with Gasteiger partial charge in [0, 0.05) is 13.1 Å². The highest BCUT2D eigenvalue weighted by Crippen LogP contribution is 2.26. The van der Waals surface area contributed by atoms with Crippen LogP contribution in [-0.2, 0) is 7.05 Å². The SMILES string of the molecule is Cn1nc(-c2cn[nH]c2[N+](=O)[O-])cc1N. The number of aromatic nitrogens is 4. The van der Waals surface area contributed by atoms with Crippen LogP contribution in [0.25, 0.3) is 11.3 Å². The van der Waals surface area contributed by atoms with E-state index in [0.29, 0.717) is 17.1 Å². The number of nitrogens with zero attached hydrogens (tertiary/aromatic N) is 4. The maximum Gasteiger partial charge on any atom is 0.352 e. The second-order valence-corrected chi connectivity index (χ2v) is 2.97. The Balaban J connectivity index is 2.54. The molecule has 0 aliphatic heterocycles. The third-order valence-corrected chi connectivity index (χ3v) is 1.99. The molecule has 0 aliphatic carbocycles. The van der Waals surface area contributed by atoms with Gasteiger partial charge in [-0.25, -0.2) is 0 Å². The molecule has 0 saturated carbocycles. The van der Waals surface area contributed by atoms with Gasteiger partial charge in [0.25, 0.3) is 0 Å². The quantitative estimate of drug-likeness (QED) is 0.543. The van der Waals surface area contributed by atoms with E-state index in [-0.39, 0.29) is 5.82 Å². The number of nitrogens with two attached hydrogens (primary N) is 1. The summed E-state index contributed by atoms with van der Waals surface area (Å²) in [6, 6.07) is 1.55. The molecule has 2 aromatic heterocycles. The number of aryl methyl sites for hydroxylation is 1. The van der Waals surface area contributed by atoms with Crippen LogP contribution in [0.4, 0.5) is 11.6 Å². The van der Waals surface area contributed by atoms with E-state index < -0.39 is 4.92 Å². The molecule has 8 nitrogen and oxygen atoms in total. The zero-order valence-electron chi connectivity index (χ0n) is 7.84. The Kier molecular flexibility index (Phi) is 1.89. The van der Waals surface area contributed by atoms with E-state index in [4.69, 9.17) is 5.73 Å². The molecule has 2 heterocycles. The van der Waals surface area contributed by atoms with Crippen molar-refractivity contribution in [3.8, 4) is 11.3 Å². The minimum atomic E-state index is -0.548. The summed E-state index contributed by atoms with van der Waals surface area (Å²) in [5, 5.41) is 20.5. The summed E-state index contributed by atoms with van der Waals surface area (Å²) in [5.41, 5.74) is 6.33. The van der Waals surface area contributed by atoms with Crippen LogP contribution in [0.1, 0.15) is 0 Å². The molecule has 2 rings (SSSR count). The minimum Gasteiger partial charge on any atom is -0.384 e. The Morgan fingerprint density at radius 1 is 1.67 bits per heavy atom. The topological polar surface area (TPSA) is 116 Å². The van der Waals surface area contributed by atoms with Crippen molar-refractivity contribution >= 4 is 11.6 Å². The molecule has 0 fully saturated rings. The summed E-state index contributed by atoms with van der Waals surface area (Å²) in [6.07, 6.45) is 1.35. The van der Waals surface area contributed by atoms with Crippen molar-refractivity contribution in [3.63, 3.8) is 0 Å². The van der Waals surface area contributed by atoms with Gasteiger partial charge in [0.1, 0.15) is 17.1 Å². The van der Waals surface area contributed by atoms with Gasteiger partial charge >= 0.3 is 5.82 Å². The minimum absolute atomic E-state index is 0.187. The van der Waals surface area contributed by atoms with E-state index in [2.05, 4.69) is 15.3 Å². The summed E-state index contributed by atoms with van der Waals surface area (Å²) >= 11 is 0. The van der Waals surface area contributed by atoms with Gasteiger partial charge in [-0.15, -0.1) is 5.10 Å². The lowest BCUT2D eigenvalue weighted by Gasteiger charge is -1.92. The molecular weight excluding hydrogens is 200 g/mol. The third kappa shape index (κ3) is 1.41. The zero-order chi connectivity index (χ0) is 11.0.